The van der Waals surface area contributed by atoms with Crippen LogP contribution in [0.5, 0.6) is 5.75 Å². The fourth-order valence-corrected chi connectivity index (χ4v) is 0.964. The van der Waals surface area contributed by atoms with E-state index in [4.69, 9.17) is 4.74 Å². The smallest absolute Gasteiger partial charge is 0.168 e. The monoisotopic (exact) mass is 186 g/mol. The molecule has 4 heteroatoms. The molecule has 0 unspecified atom stereocenters. The minimum atomic E-state index is -0.857. The lowest BCUT2D eigenvalue weighted by Gasteiger charge is -2.06. The van der Waals surface area contributed by atoms with Gasteiger partial charge in [0, 0.05) is 6.07 Å². The van der Waals surface area contributed by atoms with Gasteiger partial charge in [-0.1, -0.05) is 0 Å². The lowest BCUT2D eigenvalue weighted by molar-refractivity contribution is 0.111. The third-order valence-electron chi connectivity index (χ3n) is 1.45. The number of carbonyl (C=O) groups excluding carboxylic acids is 1. The predicted octanol–water partition coefficient (Wildman–Crippen LogP) is 2.18. The second-order valence-corrected chi connectivity index (χ2v) is 2.36. The Labute approximate surface area is 74.1 Å². The highest BCUT2D eigenvalue weighted by molar-refractivity contribution is 5.79. The maximum Gasteiger partial charge on any atom is 0.168 e. The molecule has 0 amide bonds. The van der Waals surface area contributed by atoms with Crippen LogP contribution in [0.25, 0.3) is 0 Å². The van der Waals surface area contributed by atoms with Gasteiger partial charge < -0.3 is 4.74 Å². The van der Waals surface area contributed by atoms with Crippen LogP contribution >= 0.6 is 0 Å². The zero-order chi connectivity index (χ0) is 9.84. The number of benzene rings is 1. The molecule has 0 aliphatic heterocycles. The van der Waals surface area contributed by atoms with Crippen LogP contribution in [-0.2, 0) is 0 Å². The van der Waals surface area contributed by atoms with Gasteiger partial charge in [0.1, 0.15) is 5.82 Å². The van der Waals surface area contributed by atoms with Gasteiger partial charge in [0.05, 0.1) is 12.2 Å². The Kier molecular flexibility index (Phi) is 2.95. The Hall–Kier alpha value is -1.45. The molecule has 0 N–H and O–H groups in total. The van der Waals surface area contributed by atoms with E-state index < -0.39 is 11.6 Å². The van der Waals surface area contributed by atoms with Gasteiger partial charge >= 0.3 is 0 Å². The molecule has 0 aromatic heterocycles. The summed E-state index contributed by atoms with van der Waals surface area (Å²) in [5.74, 6) is -1.84. The van der Waals surface area contributed by atoms with Crippen molar-refractivity contribution in [2.75, 3.05) is 6.61 Å². The maximum atomic E-state index is 13.0. The average molecular weight is 186 g/mol. The number of halogens is 2. The molecule has 1 rings (SSSR count). The summed E-state index contributed by atoms with van der Waals surface area (Å²) in [7, 11) is 0. The molecule has 0 radical (unpaired) electrons. The molecule has 70 valence electrons. The molecule has 0 fully saturated rings. The molecule has 0 aliphatic rings. The number of hydrogen-bond acceptors (Lipinski definition) is 2. The lowest BCUT2D eigenvalue weighted by Crippen LogP contribution is -1.99. The Bertz CT molecular complexity index is 324. The molecule has 0 saturated heterocycles. The molecule has 0 heterocycles. The van der Waals surface area contributed by atoms with Crippen LogP contribution in [0.15, 0.2) is 12.1 Å². The van der Waals surface area contributed by atoms with Gasteiger partial charge in [-0.3, -0.25) is 4.79 Å². The molecule has 1 aromatic rings. The number of carbonyl (C=O) groups is 1. The van der Waals surface area contributed by atoms with Gasteiger partial charge in [-0.25, -0.2) is 8.78 Å². The Morgan fingerprint density at radius 1 is 1.46 bits per heavy atom. The van der Waals surface area contributed by atoms with E-state index in [1.807, 2.05) is 0 Å². The molecule has 0 bridgehead atoms. The van der Waals surface area contributed by atoms with E-state index in [0.29, 0.717) is 12.4 Å². The quantitative estimate of drug-likeness (QED) is 0.676. The van der Waals surface area contributed by atoms with Crippen molar-refractivity contribution in [2.24, 2.45) is 0 Å². The van der Waals surface area contributed by atoms with E-state index in [1.165, 1.54) is 0 Å². The van der Waals surface area contributed by atoms with E-state index >= 15 is 0 Å². The maximum absolute atomic E-state index is 13.0. The molecule has 0 aliphatic carbocycles. The Balaban J connectivity index is 3.21. The molecular weight excluding hydrogens is 178 g/mol. The van der Waals surface area contributed by atoms with Crippen LogP contribution in [0.2, 0.25) is 0 Å². The predicted molar refractivity (Wildman–Crippen MR) is 42.9 cm³/mol. The van der Waals surface area contributed by atoms with E-state index in [1.54, 1.807) is 6.92 Å². The largest absolute Gasteiger partial charge is 0.490 e. The van der Waals surface area contributed by atoms with Gasteiger partial charge in [0.2, 0.25) is 0 Å². The van der Waals surface area contributed by atoms with Gasteiger partial charge in [0.15, 0.2) is 17.9 Å². The molecule has 2 nitrogen and oxygen atoms in total. The summed E-state index contributed by atoms with van der Waals surface area (Å²) in [6, 6.07) is 1.61. The second kappa shape index (κ2) is 3.98. The van der Waals surface area contributed by atoms with Crippen molar-refractivity contribution in [3.8, 4) is 5.75 Å². The van der Waals surface area contributed by atoms with Crippen LogP contribution in [0.3, 0.4) is 0 Å². The fraction of sp³-hybridized carbons (Fsp3) is 0.222. The highest BCUT2D eigenvalue weighted by atomic mass is 19.1. The van der Waals surface area contributed by atoms with Crippen molar-refractivity contribution in [1.29, 1.82) is 0 Å². The first-order valence-corrected chi connectivity index (χ1v) is 3.76. The summed E-state index contributed by atoms with van der Waals surface area (Å²) in [5.41, 5.74) is -0.112. The summed E-state index contributed by atoms with van der Waals surface area (Å²) >= 11 is 0. The summed E-state index contributed by atoms with van der Waals surface area (Å²) in [6.07, 6.45) is 0.358. The molecule has 13 heavy (non-hydrogen) atoms. The van der Waals surface area contributed by atoms with E-state index in [-0.39, 0.29) is 17.9 Å². The zero-order valence-corrected chi connectivity index (χ0v) is 7.01. The van der Waals surface area contributed by atoms with E-state index in [9.17, 15) is 13.6 Å². The molecule has 0 spiro atoms. The SMILES string of the molecule is CCOc1c(F)cc(F)cc1C=O. The summed E-state index contributed by atoms with van der Waals surface area (Å²) in [5, 5.41) is 0. The Morgan fingerprint density at radius 3 is 2.69 bits per heavy atom. The van der Waals surface area contributed by atoms with Crippen LogP contribution in [0.4, 0.5) is 8.78 Å². The van der Waals surface area contributed by atoms with Crippen molar-refractivity contribution in [3.05, 3.63) is 29.3 Å². The van der Waals surface area contributed by atoms with Crippen LogP contribution in [0, 0.1) is 11.6 Å². The highest BCUT2D eigenvalue weighted by Gasteiger charge is 2.11. The first-order chi connectivity index (χ1) is 6.19. The standard InChI is InChI=1S/C9H8F2O2/c1-2-13-9-6(5-12)3-7(10)4-8(9)11/h3-5H,2H2,1H3. The average Bonchev–Trinajstić information content (AvgIpc) is 2.09. The van der Waals surface area contributed by atoms with Gasteiger partial charge in [-0.05, 0) is 13.0 Å². The van der Waals surface area contributed by atoms with Crippen molar-refractivity contribution >= 4 is 6.29 Å². The number of aldehydes is 1. The molecule has 0 saturated carbocycles. The molecule has 0 atom stereocenters. The Morgan fingerprint density at radius 2 is 2.15 bits per heavy atom. The highest BCUT2D eigenvalue weighted by Crippen LogP contribution is 2.22. The second-order valence-electron chi connectivity index (χ2n) is 2.36. The summed E-state index contributed by atoms with van der Waals surface area (Å²) in [4.78, 5) is 10.4. The zero-order valence-electron chi connectivity index (χ0n) is 7.01. The first-order valence-electron chi connectivity index (χ1n) is 3.76. The van der Waals surface area contributed by atoms with Crippen LogP contribution in [-0.4, -0.2) is 12.9 Å². The third kappa shape index (κ3) is 2.02. The van der Waals surface area contributed by atoms with E-state index in [2.05, 4.69) is 0 Å². The van der Waals surface area contributed by atoms with Crippen molar-refractivity contribution in [1.82, 2.24) is 0 Å². The minimum Gasteiger partial charge on any atom is -0.490 e. The van der Waals surface area contributed by atoms with Crippen molar-refractivity contribution in [2.45, 2.75) is 6.92 Å². The van der Waals surface area contributed by atoms with Gasteiger partial charge in [-0.2, -0.15) is 0 Å². The van der Waals surface area contributed by atoms with Crippen LogP contribution in [0.1, 0.15) is 17.3 Å². The van der Waals surface area contributed by atoms with Crippen molar-refractivity contribution < 1.29 is 18.3 Å². The topological polar surface area (TPSA) is 26.3 Å². The number of rotatable bonds is 3. The number of ether oxygens (including phenoxy) is 1. The third-order valence-corrected chi connectivity index (χ3v) is 1.45. The van der Waals surface area contributed by atoms with Crippen LogP contribution < -0.4 is 4.74 Å². The molecular formula is C9H8F2O2. The minimum absolute atomic E-state index is 0.112. The van der Waals surface area contributed by atoms with E-state index in [0.717, 1.165) is 6.07 Å². The normalized spacial score (nSPS) is 9.77. The summed E-state index contributed by atoms with van der Waals surface area (Å²) in [6.45, 7) is 1.88. The fourth-order valence-electron chi connectivity index (χ4n) is 0.964. The van der Waals surface area contributed by atoms with Gasteiger partial charge in [-0.15, -0.1) is 0 Å². The first kappa shape index (κ1) is 9.64. The van der Waals surface area contributed by atoms with Gasteiger partial charge in [0.25, 0.3) is 0 Å². The number of hydrogen-bond donors (Lipinski definition) is 0. The summed E-state index contributed by atoms with van der Waals surface area (Å²) < 4.78 is 30.4. The lowest BCUT2D eigenvalue weighted by atomic mass is 10.2. The molecule has 1 aromatic carbocycles. The van der Waals surface area contributed by atoms with Crippen molar-refractivity contribution in [3.63, 3.8) is 0 Å².